The lowest BCUT2D eigenvalue weighted by atomic mass is 10.1. The van der Waals surface area contributed by atoms with Gasteiger partial charge >= 0.3 is 0 Å². The fourth-order valence-electron chi connectivity index (χ4n) is 2.67. The first-order valence-corrected chi connectivity index (χ1v) is 7.50. The van der Waals surface area contributed by atoms with Gasteiger partial charge in [0.15, 0.2) is 0 Å². The van der Waals surface area contributed by atoms with Crippen LogP contribution in [-0.2, 0) is 0 Å². The molecule has 1 heterocycles. The van der Waals surface area contributed by atoms with Crippen molar-refractivity contribution in [2.75, 3.05) is 59.9 Å². The van der Waals surface area contributed by atoms with Crippen LogP contribution in [0.4, 0.5) is 0 Å². The average Bonchev–Trinajstić information content (AvgIpc) is 3.19. The lowest BCUT2D eigenvalue weighted by molar-refractivity contribution is 0.122. The molecule has 1 unspecified atom stereocenters. The van der Waals surface area contributed by atoms with Crippen molar-refractivity contribution in [2.45, 2.75) is 25.3 Å². The number of piperazine rings is 1. The average molecular weight is 254 g/mol. The van der Waals surface area contributed by atoms with Gasteiger partial charge in [-0.3, -0.25) is 4.90 Å². The Bertz CT molecular complexity index is 232. The molecule has 1 saturated carbocycles. The second kappa shape index (κ2) is 6.85. The van der Waals surface area contributed by atoms with Crippen LogP contribution in [0.25, 0.3) is 0 Å². The Hall–Kier alpha value is -0.160. The largest absolute Gasteiger partial charge is 0.327 e. The van der Waals surface area contributed by atoms with E-state index in [0.29, 0.717) is 6.04 Å². The van der Waals surface area contributed by atoms with Gasteiger partial charge in [0.05, 0.1) is 0 Å². The molecule has 18 heavy (non-hydrogen) atoms. The number of likely N-dealkylation sites (N-methyl/N-ethyl adjacent to an activating group) is 1. The van der Waals surface area contributed by atoms with Gasteiger partial charge in [0.25, 0.3) is 0 Å². The van der Waals surface area contributed by atoms with E-state index in [1.54, 1.807) is 0 Å². The van der Waals surface area contributed by atoms with Crippen molar-refractivity contribution < 1.29 is 0 Å². The highest BCUT2D eigenvalue weighted by molar-refractivity contribution is 4.85. The summed E-state index contributed by atoms with van der Waals surface area (Å²) in [4.78, 5) is 7.44. The first-order chi connectivity index (χ1) is 8.65. The van der Waals surface area contributed by atoms with Crippen LogP contribution < -0.4 is 5.73 Å². The Morgan fingerprint density at radius 1 is 1.06 bits per heavy atom. The molecule has 4 nitrogen and oxygen atoms in total. The van der Waals surface area contributed by atoms with Gasteiger partial charge in [0.1, 0.15) is 0 Å². The van der Waals surface area contributed by atoms with Crippen LogP contribution in [-0.4, -0.2) is 80.7 Å². The van der Waals surface area contributed by atoms with Crippen LogP contribution in [0.3, 0.4) is 0 Å². The van der Waals surface area contributed by atoms with E-state index in [1.807, 2.05) is 0 Å². The van der Waals surface area contributed by atoms with Crippen molar-refractivity contribution in [1.29, 1.82) is 0 Å². The molecular formula is C14H30N4. The van der Waals surface area contributed by atoms with Crippen molar-refractivity contribution in [3.8, 4) is 0 Å². The van der Waals surface area contributed by atoms with Crippen molar-refractivity contribution in [2.24, 2.45) is 11.7 Å². The van der Waals surface area contributed by atoms with E-state index in [4.69, 9.17) is 5.73 Å². The molecule has 2 fully saturated rings. The molecule has 0 radical (unpaired) electrons. The van der Waals surface area contributed by atoms with Crippen LogP contribution in [0.15, 0.2) is 0 Å². The van der Waals surface area contributed by atoms with E-state index >= 15 is 0 Å². The summed E-state index contributed by atoms with van der Waals surface area (Å²) < 4.78 is 0. The minimum Gasteiger partial charge on any atom is -0.327 e. The normalized spacial score (nSPS) is 24.7. The quantitative estimate of drug-likeness (QED) is 0.708. The molecule has 0 aromatic heterocycles. The molecule has 1 saturated heterocycles. The summed E-state index contributed by atoms with van der Waals surface area (Å²) >= 11 is 0. The van der Waals surface area contributed by atoms with Crippen molar-refractivity contribution in [3.05, 3.63) is 0 Å². The topological polar surface area (TPSA) is 35.7 Å². The molecule has 0 spiro atoms. The molecule has 106 valence electrons. The zero-order valence-corrected chi connectivity index (χ0v) is 12.1. The Morgan fingerprint density at radius 2 is 1.61 bits per heavy atom. The van der Waals surface area contributed by atoms with Crippen LogP contribution in [0.1, 0.15) is 19.3 Å². The number of nitrogens with zero attached hydrogens (tertiary/aromatic N) is 3. The SMILES string of the molecule is CN(C)CCN1CCN(CCC(N)C2CC2)CC1. The summed E-state index contributed by atoms with van der Waals surface area (Å²) in [6.07, 6.45) is 3.95. The summed E-state index contributed by atoms with van der Waals surface area (Å²) in [5.41, 5.74) is 6.16. The third-order valence-corrected chi connectivity index (χ3v) is 4.33. The summed E-state index contributed by atoms with van der Waals surface area (Å²) in [6, 6.07) is 0.469. The van der Waals surface area contributed by atoms with Crippen LogP contribution >= 0.6 is 0 Å². The second-order valence-electron chi connectivity index (χ2n) is 6.28. The monoisotopic (exact) mass is 254 g/mol. The molecule has 0 aromatic carbocycles. The number of rotatable bonds is 7. The first-order valence-electron chi connectivity index (χ1n) is 7.50. The lowest BCUT2D eigenvalue weighted by Crippen LogP contribution is -2.48. The fourth-order valence-corrected chi connectivity index (χ4v) is 2.67. The predicted molar refractivity (Wildman–Crippen MR) is 76.8 cm³/mol. The van der Waals surface area contributed by atoms with Gasteiger partial charge in [0.2, 0.25) is 0 Å². The highest BCUT2D eigenvalue weighted by atomic mass is 15.3. The Morgan fingerprint density at radius 3 is 2.11 bits per heavy atom. The lowest BCUT2D eigenvalue weighted by Gasteiger charge is -2.35. The third-order valence-electron chi connectivity index (χ3n) is 4.33. The second-order valence-corrected chi connectivity index (χ2v) is 6.28. The van der Waals surface area contributed by atoms with E-state index < -0.39 is 0 Å². The summed E-state index contributed by atoms with van der Waals surface area (Å²) in [7, 11) is 4.30. The molecule has 2 N–H and O–H groups in total. The van der Waals surface area contributed by atoms with Crippen molar-refractivity contribution in [3.63, 3.8) is 0 Å². The maximum Gasteiger partial charge on any atom is 0.0110 e. The van der Waals surface area contributed by atoms with E-state index in [2.05, 4.69) is 28.8 Å². The molecule has 4 heteroatoms. The minimum atomic E-state index is 0.469. The minimum absolute atomic E-state index is 0.469. The van der Waals surface area contributed by atoms with E-state index in [0.717, 1.165) is 5.92 Å². The maximum atomic E-state index is 6.16. The van der Waals surface area contributed by atoms with Gasteiger partial charge in [-0.15, -0.1) is 0 Å². The molecular weight excluding hydrogens is 224 g/mol. The van der Waals surface area contributed by atoms with Crippen molar-refractivity contribution >= 4 is 0 Å². The van der Waals surface area contributed by atoms with Gasteiger partial charge in [-0.25, -0.2) is 0 Å². The molecule has 1 aliphatic heterocycles. The molecule has 0 amide bonds. The summed E-state index contributed by atoms with van der Waals surface area (Å²) in [5, 5.41) is 0. The predicted octanol–water partition coefficient (Wildman–Crippen LogP) is 0.293. The standard InChI is InChI=1S/C14H30N4/c1-16(2)7-8-18-11-9-17(10-12-18)6-5-14(15)13-3-4-13/h13-14H,3-12,15H2,1-2H3. The van der Waals surface area contributed by atoms with Crippen LogP contribution in [0.2, 0.25) is 0 Å². The Kier molecular flexibility index (Phi) is 5.42. The molecule has 1 atom stereocenters. The maximum absolute atomic E-state index is 6.16. The molecule has 0 bridgehead atoms. The zero-order chi connectivity index (χ0) is 13.0. The van der Waals surface area contributed by atoms with Gasteiger partial charge in [-0.2, -0.15) is 0 Å². The highest BCUT2D eigenvalue weighted by Gasteiger charge is 2.28. The number of hydrogen-bond acceptors (Lipinski definition) is 4. The molecule has 1 aliphatic carbocycles. The van der Waals surface area contributed by atoms with E-state index in [1.165, 1.54) is 65.1 Å². The number of nitrogens with two attached hydrogens (primary N) is 1. The smallest absolute Gasteiger partial charge is 0.0110 e. The highest BCUT2D eigenvalue weighted by Crippen LogP contribution is 2.32. The molecule has 0 aromatic rings. The first kappa shape index (κ1) is 14.3. The van der Waals surface area contributed by atoms with Crippen LogP contribution in [0.5, 0.6) is 0 Å². The van der Waals surface area contributed by atoms with Gasteiger partial charge in [-0.05, 0) is 45.8 Å². The van der Waals surface area contributed by atoms with Gasteiger partial charge in [0, 0.05) is 45.3 Å². The Balaban J connectivity index is 1.55. The van der Waals surface area contributed by atoms with Crippen LogP contribution in [0, 0.1) is 5.92 Å². The molecule has 2 rings (SSSR count). The number of hydrogen-bond donors (Lipinski definition) is 1. The summed E-state index contributed by atoms with van der Waals surface area (Å²) in [6.45, 7) is 8.50. The summed E-state index contributed by atoms with van der Waals surface area (Å²) in [5.74, 6) is 0.853. The van der Waals surface area contributed by atoms with Gasteiger partial charge < -0.3 is 15.5 Å². The van der Waals surface area contributed by atoms with E-state index in [-0.39, 0.29) is 0 Å². The Labute approximate surface area is 112 Å². The van der Waals surface area contributed by atoms with Gasteiger partial charge in [-0.1, -0.05) is 0 Å². The van der Waals surface area contributed by atoms with E-state index in [9.17, 15) is 0 Å². The molecule has 2 aliphatic rings. The van der Waals surface area contributed by atoms with Crippen molar-refractivity contribution in [1.82, 2.24) is 14.7 Å². The third kappa shape index (κ3) is 4.84. The fraction of sp³-hybridized carbons (Fsp3) is 1.00. The zero-order valence-electron chi connectivity index (χ0n) is 12.1.